The molecule has 0 aliphatic carbocycles. The van der Waals surface area contributed by atoms with Crippen molar-refractivity contribution in [2.24, 2.45) is 0 Å². The van der Waals surface area contributed by atoms with Crippen molar-refractivity contribution >= 4 is 10.1 Å². The summed E-state index contributed by atoms with van der Waals surface area (Å²) in [5.74, 6) is -1.23. The van der Waals surface area contributed by atoms with Crippen LogP contribution in [0.15, 0.2) is 30.3 Å². The van der Waals surface area contributed by atoms with Crippen molar-refractivity contribution in [1.29, 1.82) is 0 Å². The second kappa shape index (κ2) is 8.53. The van der Waals surface area contributed by atoms with Crippen LogP contribution in [-0.2, 0) is 16.7 Å². The van der Waals surface area contributed by atoms with E-state index in [9.17, 15) is 33.4 Å². The Morgan fingerprint density at radius 3 is 2.09 bits per heavy atom. The summed E-state index contributed by atoms with van der Waals surface area (Å²) in [5.41, 5.74) is 1.00. The van der Waals surface area contributed by atoms with Gasteiger partial charge in [0.05, 0.1) is 22.0 Å². The van der Waals surface area contributed by atoms with Crippen LogP contribution in [0.2, 0.25) is 0 Å². The largest absolute Gasteiger partial charge is 0.748 e. The second-order valence-electron chi connectivity index (χ2n) is 5.05. The van der Waals surface area contributed by atoms with Gasteiger partial charge in [-0.15, -0.1) is 0 Å². The molecule has 0 saturated heterocycles. The third-order valence-corrected chi connectivity index (χ3v) is 3.89. The molecule has 0 spiro atoms. The molecule has 6 N–H and O–H groups in total. The lowest BCUT2D eigenvalue weighted by Gasteiger charge is -2.26. The molecule has 9 heteroatoms. The fraction of sp³-hybridized carbons (Fsp3) is 0.538. The molecule has 0 saturated carbocycles. The maximum absolute atomic E-state index is 10.5. The maximum Gasteiger partial charge on any atom is 0.131 e. The van der Waals surface area contributed by atoms with E-state index in [2.05, 4.69) is 0 Å². The van der Waals surface area contributed by atoms with Crippen molar-refractivity contribution in [3.63, 3.8) is 0 Å². The molecule has 0 fully saturated rings. The Morgan fingerprint density at radius 1 is 1.00 bits per heavy atom. The minimum absolute atomic E-state index is 0.0317. The van der Waals surface area contributed by atoms with Crippen LogP contribution >= 0.6 is 0 Å². The predicted molar refractivity (Wildman–Crippen MR) is 75.5 cm³/mol. The average molecular weight is 335 g/mol. The molecule has 0 aromatic heterocycles. The number of quaternary nitrogens is 1. The first-order chi connectivity index (χ1) is 10.2. The van der Waals surface area contributed by atoms with E-state index >= 15 is 0 Å². The van der Waals surface area contributed by atoms with Gasteiger partial charge in [0.1, 0.15) is 31.4 Å². The van der Waals surface area contributed by atoms with E-state index in [1.54, 1.807) is 5.32 Å². The standard InChI is InChI=1S/C13H21NO7S/c15-10(7-14-6-9-4-2-1-3-5-9)12(17)13(18)11(16)8-22(19,20)21/h1-5,10-18H,6-8H2,(H,19,20,21)/t10-,11+,12+,13-/m0/s1. The van der Waals surface area contributed by atoms with Gasteiger partial charge in [-0.2, -0.15) is 0 Å². The molecule has 0 amide bonds. The molecule has 0 aliphatic rings. The molecule has 1 rings (SSSR count). The Balaban J connectivity index is 2.41. The number of aliphatic hydroxyl groups is 4. The Bertz CT molecular complexity index is 537. The summed E-state index contributed by atoms with van der Waals surface area (Å²) >= 11 is 0. The summed E-state index contributed by atoms with van der Waals surface area (Å²) in [6.07, 6.45) is -7.03. The number of benzene rings is 1. The third-order valence-electron chi connectivity index (χ3n) is 3.14. The van der Waals surface area contributed by atoms with Crippen LogP contribution in [-0.4, -0.2) is 70.1 Å². The van der Waals surface area contributed by atoms with Crippen LogP contribution in [0.1, 0.15) is 5.56 Å². The van der Waals surface area contributed by atoms with Gasteiger partial charge in [-0.1, -0.05) is 30.3 Å². The lowest BCUT2D eigenvalue weighted by atomic mass is 10.0. The number of hydrogen-bond donors (Lipinski definition) is 5. The third kappa shape index (κ3) is 6.79. The van der Waals surface area contributed by atoms with Crippen LogP contribution in [0.3, 0.4) is 0 Å². The number of aliphatic hydroxyl groups excluding tert-OH is 4. The molecule has 0 heterocycles. The molecular weight excluding hydrogens is 314 g/mol. The maximum atomic E-state index is 10.5. The van der Waals surface area contributed by atoms with Crippen LogP contribution in [0, 0.1) is 0 Å². The van der Waals surface area contributed by atoms with Crippen molar-refractivity contribution < 1.29 is 38.7 Å². The van der Waals surface area contributed by atoms with E-state index in [0.29, 0.717) is 6.54 Å². The Morgan fingerprint density at radius 2 is 1.55 bits per heavy atom. The van der Waals surface area contributed by atoms with Gasteiger partial charge in [-0.05, 0) is 0 Å². The van der Waals surface area contributed by atoms with Crippen molar-refractivity contribution in [3.05, 3.63) is 35.9 Å². The van der Waals surface area contributed by atoms with Crippen molar-refractivity contribution in [2.75, 3.05) is 12.3 Å². The fourth-order valence-corrected chi connectivity index (χ4v) is 2.55. The zero-order chi connectivity index (χ0) is 16.8. The van der Waals surface area contributed by atoms with E-state index in [0.717, 1.165) is 5.56 Å². The predicted octanol–water partition coefficient (Wildman–Crippen LogP) is -3.26. The second-order valence-corrected chi connectivity index (χ2v) is 6.50. The van der Waals surface area contributed by atoms with E-state index < -0.39 is 40.3 Å². The first-order valence-corrected chi connectivity index (χ1v) is 8.30. The highest BCUT2D eigenvalue weighted by Gasteiger charge is 2.32. The van der Waals surface area contributed by atoms with Crippen LogP contribution in [0.4, 0.5) is 0 Å². The summed E-state index contributed by atoms with van der Waals surface area (Å²) in [5, 5.41) is 40.0. The van der Waals surface area contributed by atoms with Gasteiger partial charge in [0, 0.05) is 5.56 Å². The van der Waals surface area contributed by atoms with E-state index in [1.807, 2.05) is 30.3 Å². The topological polar surface area (TPSA) is 155 Å². The van der Waals surface area contributed by atoms with Gasteiger partial charge in [-0.25, -0.2) is 8.42 Å². The lowest BCUT2D eigenvalue weighted by Crippen LogP contribution is -2.85. The molecule has 0 radical (unpaired) electrons. The van der Waals surface area contributed by atoms with Crippen LogP contribution in [0.5, 0.6) is 0 Å². The molecule has 0 unspecified atom stereocenters. The average Bonchev–Trinajstić information content (AvgIpc) is 2.44. The smallest absolute Gasteiger partial charge is 0.131 e. The van der Waals surface area contributed by atoms with Crippen molar-refractivity contribution in [2.45, 2.75) is 31.0 Å². The van der Waals surface area contributed by atoms with Crippen molar-refractivity contribution in [1.82, 2.24) is 0 Å². The fourth-order valence-electron chi connectivity index (χ4n) is 1.94. The van der Waals surface area contributed by atoms with Gasteiger partial charge in [0.2, 0.25) is 0 Å². The van der Waals surface area contributed by atoms with Crippen molar-refractivity contribution in [3.8, 4) is 0 Å². The van der Waals surface area contributed by atoms with Crippen LogP contribution < -0.4 is 5.32 Å². The monoisotopic (exact) mass is 335 g/mol. The quantitative estimate of drug-likeness (QED) is 0.297. The number of hydrogen-bond acceptors (Lipinski definition) is 7. The van der Waals surface area contributed by atoms with E-state index in [4.69, 9.17) is 0 Å². The summed E-state index contributed by atoms with van der Waals surface area (Å²) in [6, 6.07) is 9.35. The molecule has 126 valence electrons. The minimum atomic E-state index is -4.74. The minimum Gasteiger partial charge on any atom is -0.748 e. The SMILES string of the molecule is O=S(=O)([O-])C[C@@H](O)[C@H](O)[C@H](O)[C@@H](O)C[NH2+]Cc1ccccc1. The zero-order valence-electron chi connectivity index (χ0n) is 11.8. The lowest BCUT2D eigenvalue weighted by molar-refractivity contribution is -0.677. The van der Waals surface area contributed by atoms with Gasteiger partial charge in [-0.3, -0.25) is 0 Å². The molecule has 22 heavy (non-hydrogen) atoms. The van der Waals surface area contributed by atoms with Gasteiger partial charge in [0.25, 0.3) is 0 Å². The van der Waals surface area contributed by atoms with Gasteiger partial charge in [0.15, 0.2) is 0 Å². The van der Waals surface area contributed by atoms with E-state index in [1.165, 1.54) is 0 Å². The first kappa shape index (κ1) is 19.0. The molecule has 1 aromatic carbocycles. The molecule has 8 nitrogen and oxygen atoms in total. The number of nitrogens with two attached hydrogens (primary N) is 1. The summed E-state index contributed by atoms with van der Waals surface area (Å²) in [6.45, 7) is 0.572. The van der Waals surface area contributed by atoms with Gasteiger partial charge >= 0.3 is 0 Å². The first-order valence-electron chi connectivity index (χ1n) is 6.72. The molecule has 1 aromatic rings. The number of rotatable bonds is 9. The Labute approximate surface area is 128 Å². The Hall–Kier alpha value is -1.07. The molecule has 0 aliphatic heterocycles. The molecule has 4 atom stereocenters. The normalized spacial score (nSPS) is 17.7. The Kier molecular flexibility index (Phi) is 7.36. The summed E-state index contributed by atoms with van der Waals surface area (Å²) in [4.78, 5) is 0. The molecule has 0 bridgehead atoms. The highest BCUT2D eigenvalue weighted by atomic mass is 32.2. The zero-order valence-corrected chi connectivity index (χ0v) is 12.6. The highest BCUT2D eigenvalue weighted by molar-refractivity contribution is 7.85. The van der Waals surface area contributed by atoms with Gasteiger partial charge < -0.3 is 30.3 Å². The summed E-state index contributed by atoms with van der Waals surface area (Å²) in [7, 11) is -4.74. The summed E-state index contributed by atoms with van der Waals surface area (Å²) < 4.78 is 31.5. The van der Waals surface area contributed by atoms with E-state index in [-0.39, 0.29) is 6.54 Å². The highest BCUT2D eigenvalue weighted by Crippen LogP contribution is 2.06. The van der Waals surface area contributed by atoms with Crippen LogP contribution in [0.25, 0.3) is 0 Å². The molecular formula is C13H21NO7S.